The van der Waals surface area contributed by atoms with Gasteiger partial charge in [0, 0.05) is 43.9 Å². The number of likely N-dealkylation sites (N-methyl/N-ethyl adjacent to an activating group) is 1. The van der Waals surface area contributed by atoms with Crippen molar-refractivity contribution in [1.29, 1.82) is 0 Å². The predicted molar refractivity (Wildman–Crippen MR) is 91.7 cm³/mol. The zero-order valence-electron chi connectivity index (χ0n) is 13.9. The summed E-state index contributed by atoms with van der Waals surface area (Å²) in [6, 6.07) is 10.00. The lowest BCUT2D eigenvalue weighted by molar-refractivity contribution is -0.125. The lowest BCUT2D eigenvalue weighted by atomic mass is 10.1. The van der Waals surface area contributed by atoms with Gasteiger partial charge in [0.15, 0.2) is 0 Å². The standard InChI is InChI=1S/C19H18F2N2O2/c1-22-19(25)14-6-3-13(4-7-14)5-10-18(24)23(2)12-15-8-9-16(20)11-17(15)21/h3-11H,12H2,1-2H3,(H,22,25)/b10-5+. The van der Waals surface area contributed by atoms with Gasteiger partial charge in [-0.25, -0.2) is 8.78 Å². The molecule has 0 saturated heterocycles. The number of benzene rings is 2. The van der Waals surface area contributed by atoms with E-state index < -0.39 is 11.6 Å². The molecule has 2 aromatic carbocycles. The molecule has 0 unspecified atom stereocenters. The molecule has 0 aliphatic rings. The lowest BCUT2D eigenvalue weighted by Gasteiger charge is -2.15. The van der Waals surface area contributed by atoms with E-state index in [0.717, 1.165) is 17.7 Å². The van der Waals surface area contributed by atoms with Crippen molar-refractivity contribution in [2.75, 3.05) is 14.1 Å². The van der Waals surface area contributed by atoms with Crippen LogP contribution in [0.15, 0.2) is 48.5 Å². The van der Waals surface area contributed by atoms with Crippen LogP contribution in [0.4, 0.5) is 8.78 Å². The molecule has 0 bridgehead atoms. The predicted octanol–water partition coefficient (Wildman–Crippen LogP) is 3.00. The fourth-order valence-corrected chi connectivity index (χ4v) is 2.17. The molecule has 0 aliphatic heterocycles. The van der Waals surface area contributed by atoms with E-state index in [1.54, 1.807) is 37.4 Å². The highest BCUT2D eigenvalue weighted by atomic mass is 19.1. The van der Waals surface area contributed by atoms with Gasteiger partial charge in [-0.1, -0.05) is 18.2 Å². The maximum atomic E-state index is 13.6. The monoisotopic (exact) mass is 344 g/mol. The molecule has 4 nitrogen and oxygen atoms in total. The second-order valence-corrected chi connectivity index (χ2v) is 5.46. The Morgan fingerprint density at radius 2 is 1.80 bits per heavy atom. The number of hydrogen-bond acceptors (Lipinski definition) is 2. The highest BCUT2D eigenvalue weighted by Crippen LogP contribution is 2.12. The van der Waals surface area contributed by atoms with Gasteiger partial charge in [0.1, 0.15) is 11.6 Å². The van der Waals surface area contributed by atoms with E-state index in [0.29, 0.717) is 5.56 Å². The Bertz CT molecular complexity index is 802. The molecule has 25 heavy (non-hydrogen) atoms. The van der Waals surface area contributed by atoms with Crippen LogP contribution in [0.3, 0.4) is 0 Å². The summed E-state index contributed by atoms with van der Waals surface area (Å²) in [4.78, 5) is 24.9. The van der Waals surface area contributed by atoms with Crippen LogP contribution in [0.5, 0.6) is 0 Å². The Labute approximate surface area is 144 Å². The maximum absolute atomic E-state index is 13.6. The molecule has 130 valence electrons. The molecule has 0 fully saturated rings. The smallest absolute Gasteiger partial charge is 0.251 e. The normalized spacial score (nSPS) is 10.7. The number of rotatable bonds is 5. The summed E-state index contributed by atoms with van der Waals surface area (Å²) in [6.45, 7) is 0.0326. The van der Waals surface area contributed by atoms with E-state index in [1.165, 1.54) is 24.1 Å². The second kappa shape index (κ2) is 8.19. The number of nitrogens with zero attached hydrogens (tertiary/aromatic N) is 1. The van der Waals surface area contributed by atoms with Crippen molar-refractivity contribution in [1.82, 2.24) is 10.2 Å². The van der Waals surface area contributed by atoms with Crippen LogP contribution < -0.4 is 5.32 Å². The number of nitrogens with one attached hydrogen (secondary N) is 1. The molecule has 0 radical (unpaired) electrons. The molecule has 0 aromatic heterocycles. The first-order chi connectivity index (χ1) is 11.9. The second-order valence-electron chi connectivity index (χ2n) is 5.46. The van der Waals surface area contributed by atoms with Gasteiger partial charge in [0.2, 0.25) is 5.91 Å². The minimum atomic E-state index is -0.687. The van der Waals surface area contributed by atoms with Crippen LogP contribution in [0.1, 0.15) is 21.5 Å². The fraction of sp³-hybridized carbons (Fsp3) is 0.158. The van der Waals surface area contributed by atoms with Gasteiger partial charge in [-0.05, 0) is 29.8 Å². The lowest BCUT2D eigenvalue weighted by Crippen LogP contribution is -2.24. The number of halogens is 2. The van der Waals surface area contributed by atoms with E-state index in [1.807, 2.05) is 0 Å². The van der Waals surface area contributed by atoms with Gasteiger partial charge in [-0.3, -0.25) is 9.59 Å². The Balaban J connectivity index is 2.00. The summed E-state index contributed by atoms with van der Waals surface area (Å²) in [7, 11) is 3.08. The Morgan fingerprint density at radius 3 is 2.40 bits per heavy atom. The molecular weight excluding hydrogens is 326 g/mol. The fourth-order valence-electron chi connectivity index (χ4n) is 2.17. The molecule has 1 N–H and O–H groups in total. The van der Waals surface area contributed by atoms with Gasteiger partial charge >= 0.3 is 0 Å². The molecular formula is C19H18F2N2O2. The Morgan fingerprint density at radius 1 is 1.12 bits per heavy atom. The van der Waals surface area contributed by atoms with E-state index >= 15 is 0 Å². The Kier molecular flexibility index (Phi) is 6.00. The van der Waals surface area contributed by atoms with Crippen LogP contribution in [-0.4, -0.2) is 30.8 Å². The van der Waals surface area contributed by atoms with Crippen molar-refractivity contribution in [3.8, 4) is 0 Å². The summed E-state index contributed by atoms with van der Waals surface area (Å²) >= 11 is 0. The van der Waals surface area contributed by atoms with E-state index in [4.69, 9.17) is 0 Å². The minimum absolute atomic E-state index is 0.0326. The van der Waals surface area contributed by atoms with E-state index in [9.17, 15) is 18.4 Å². The molecule has 0 aliphatic carbocycles. The molecule has 2 rings (SSSR count). The quantitative estimate of drug-likeness (QED) is 0.848. The highest BCUT2D eigenvalue weighted by Gasteiger charge is 2.10. The molecule has 0 atom stereocenters. The van der Waals surface area contributed by atoms with Crippen LogP contribution in [0.25, 0.3) is 6.08 Å². The average molecular weight is 344 g/mol. The third-order valence-corrected chi connectivity index (χ3v) is 3.62. The first kappa shape index (κ1) is 18.3. The van der Waals surface area contributed by atoms with E-state index in [2.05, 4.69) is 5.32 Å². The number of hydrogen-bond donors (Lipinski definition) is 1. The van der Waals surface area contributed by atoms with Crippen molar-refractivity contribution < 1.29 is 18.4 Å². The molecule has 2 amide bonds. The molecule has 0 saturated carbocycles. The highest BCUT2D eigenvalue weighted by molar-refractivity contribution is 5.94. The van der Waals surface area contributed by atoms with Crippen LogP contribution in [-0.2, 0) is 11.3 Å². The van der Waals surface area contributed by atoms with Crippen molar-refractivity contribution in [2.45, 2.75) is 6.54 Å². The molecule has 0 spiro atoms. The number of carbonyl (C=O) groups excluding carboxylic acids is 2. The van der Waals surface area contributed by atoms with Crippen molar-refractivity contribution in [3.05, 3.63) is 76.9 Å². The summed E-state index contributed by atoms with van der Waals surface area (Å²) in [5, 5.41) is 2.53. The maximum Gasteiger partial charge on any atom is 0.251 e. The third kappa shape index (κ3) is 4.97. The van der Waals surface area contributed by atoms with Crippen molar-refractivity contribution in [2.24, 2.45) is 0 Å². The minimum Gasteiger partial charge on any atom is -0.355 e. The van der Waals surface area contributed by atoms with Crippen LogP contribution in [0, 0.1) is 11.6 Å². The molecule has 6 heteroatoms. The molecule has 2 aromatic rings. The van der Waals surface area contributed by atoms with Gasteiger partial charge in [0.25, 0.3) is 5.91 Å². The summed E-state index contributed by atoms with van der Waals surface area (Å²) in [6.07, 6.45) is 2.96. The largest absolute Gasteiger partial charge is 0.355 e. The van der Waals surface area contributed by atoms with Gasteiger partial charge in [-0.2, -0.15) is 0 Å². The zero-order valence-corrected chi connectivity index (χ0v) is 13.9. The SMILES string of the molecule is CNC(=O)c1ccc(/C=C/C(=O)N(C)Cc2ccc(F)cc2F)cc1. The number of amides is 2. The van der Waals surface area contributed by atoms with Crippen LogP contribution >= 0.6 is 0 Å². The third-order valence-electron chi connectivity index (χ3n) is 3.62. The summed E-state index contributed by atoms with van der Waals surface area (Å²) in [5.41, 5.74) is 1.51. The summed E-state index contributed by atoms with van der Waals surface area (Å²) in [5.74, 6) is -1.85. The van der Waals surface area contributed by atoms with Crippen molar-refractivity contribution >= 4 is 17.9 Å². The van der Waals surface area contributed by atoms with Gasteiger partial charge in [-0.15, -0.1) is 0 Å². The van der Waals surface area contributed by atoms with E-state index in [-0.39, 0.29) is 23.9 Å². The van der Waals surface area contributed by atoms with Crippen LogP contribution in [0.2, 0.25) is 0 Å². The summed E-state index contributed by atoms with van der Waals surface area (Å²) < 4.78 is 26.5. The average Bonchev–Trinajstić information content (AvgIpc) is 2.61. The number of carbonyl (C=O) groups is 2. The van der Waals surface area contributed by atoms with Crippen molar-refractivity contribution in [3.63, 3.8) is 0 Å². The van der Waals surface area contributed by atoms with Gasteiger partial charge in [0.05, 0.1) is 0 Å². The van der Waals surface area contributed by atoms with Gasteiger partial charge < -0.3 is 10.2 Å². The molecule has 0 heterocycles. The zero-order chi connectivity index (χ0) is 18.4. The topological polar surface area (TPSA) is 49.4 Å². The first-order valence-electron chi connectivity index (χ1n) is 7.60. The Hall–Kier alpha value is -3.02. The first-order valence-corrected chi connectivity index (χ1v) is 7.60.